The van der Waals surface area contributed by atoms with Crippen LogP contribution in [0.15, 0.2) is 91.1 Å². The van der Waals surface area contributed by atoms with Crippen molar-refractivity contribution < 1.29 is 0 Å². The molecule has 1 N–H and O–H groups in total. The molecule has 0 spiro atoms. The van der Waals surface area contributed by atoms with Crippen molar-refractivity contribution in [1.82, 2.24) is 20.2 Å². The monoisotopic (exact) mass is 440 g/mol. The Morgan fingerprint density at radius 2 is 1.38 bits per heavy atom. The normalized spacial score (nSPS) is 15.4. The van der Waals surface area contributed by atoms with Crippen LogP contribution >= 0.6 is 0 Å². The molecular weight excluding hydrogens is 416 g/mol. The van der Waals surface area contributed by atoms with E-state index in [0.29, 0.717) is 0 Å². The summed E-state index contributed by atoms with van der Waals surface area (Å²) in [5, 5.41) is 8.00. The van der Waals surface area contributed by atoms with Crippen molar-refractivity contribution in [2.45, 2.75) is 31.1 Å². The van der Waals surface area contributed by atoms with Gasteiger partial charge >= 0.3 is 0 Å². The van der Waals surface area contributed by atoms with E-state index in [-0.39, 0.29) is 0 Å². The number of nitrogens with zero attached hydrogens (tertiary/aromatic N) is 3. The molecule has 34 heavy (non-hydrogen) atoms. The Hall–Kier alpha value is -4.05. The third-order valence-corrected chi connectivity index (χ3v) is 7.43. The first kappa shape index (κ1) is 19.4. The van der Waals surface area contributed by atoms with Crippen LogP contribution in [-0.4, -0.2) is 20.2 Å². The van der Waals surface area contributed by atoms with Gasteiger partial charge in [0.2, 0.25) is 0 Å². The molecule has 2 aliphatic carbocycles. The Bertz CT molecular complexity index is 1470. The Morgan fingerprint density at radius 1 is 0.676 bits per heavy atom. The Balaban J connectivity index is 1.53. The van der Waals surface area contributed by atoms with E-state index in [2.05, 4.69) is 84.0 Å². The van der Waals surface area contributed by atoms with Gasteiger partial charge in [0.25, 0.3) is 0 Å². The smallest absolute Gasteiger partial charge is 0.114 e. The van der Waals surface area contributed by atoms with Crippen molar-refractivity contribution in [3.63, 3.8) is 0 Å². The van der Waals surface area contributed by atoms with Crippen LogP contribution in [0.25, 0.3) is 22.5 Å². The number of benzene rings is 2. The van der Waals surface area contributed by atoms with Crippen LogP contribution in [0.2, 0.25) is 0 Å². The summed E-state index contributed by atoms with van der Waals surface area (Å²) in [6, 6.07) is 29.9. The van der Waals surface area contributed by atoms with Gasteiger partial charge < -0.3 is 0 Å². The summed E-state index contributed by atoms with van der Waals surface area (Å²) in [4.78, 5) is 10.2. The van der Waals surface area contributed by atoms with Crippen molar-refractivity contribution in [3.8, 4) is 22.5 Å². The summed E-state index contributed by atoms with van der Waals surface area (Å²) in [7, 11) is 0. The molecule has 164 valence electrons. The minimum absolute atomic E-state index is 0.583. The quantitative estimate of drug-likeness (QED) is 0.361. The molecule has 0 radical (unpaired) electrons. The van der Waals surface area contributed by atoms with Gasteiger partial charge in [-0.1, -0.05) is 60.7 Å². The highest BCUT2D eigenvalue weighted by Crippen LogP contribution is 2.55. The van der Waals surface area contributed by atoms with Crippen molar-refractivity contribution >= 4 is 0 Å². The van der Waals surface area contributed by atoms with E-state index in [1.807, 2.05) is 12.3 Å². The second-order valence-corrected chi connectivity index (χ2v) is 9.20. The lowest BCUT2D eigenvalue weighted by atomic mass is 9.72. The summed E-state index contributed by atoms with van der Waals surface area (Å²) < 4.78 is 0. The maximum atomic E-state index is 5.33. The molecule has 0 fully saturated rings. The van der Waals surface area contributed by atoms with E-state index in [4.69, 9.17) is 15.1 Å². The molecule has 0 atom stereocenters. The fourth-order valence-corrected chi connectivity index (χ4v) is 5.97. The topological polar surface area (TPSA) is 54.5 Å². The van der Waals surface area contributed by atoms with Gasteiger partial charge in [0.15, 0.2) is 0 Å². The number of nitrogens with one attached hydrogen (secondary N) is 1. The molecule has 0 saturated carbocycles. The largest absolute Gasteiger partial charge is 0.282 e. The number of aromatic amines is 1. The zero-order valence-electron chi connectivity index (χ0n) is 18.8. The third-order valence-electron chi connectivity index (χ3n) is 7.43. The Labute approximate surface area is 198 Å². The molecule has 7 rings (SSSR count). The molecule has 0 bridgehead atoms. The van der Waals surface area contributed by atoms with E-state index < -0.39 is 5.41 Å². The van der Waals surface area contributed by atoms with Crippen molar-refractivity contribution in [2.75, 3.05) is 0 Å². The number of H-pyrrole nitrogens is 1. The maximum absolute atomic E-state index is 5.33. The van der Waals surface area contributed by atoms with Gasteiger partial charge in [0.1, 0.15) is 11.1 Å². The second-order valence-electron chi connectivity index (χ2n) is 9.20. The van der Waals surface area contributed by atoms with E-state index in [1.165, 1.54) is 46.4 Å². The molecule has 4 heteroatoms. The van der Waals surface area contributed by atoms with Crippen molar-refractivity contribution in [3.05, 3.63) is 125 Å². The fourth-order valence-electron chi connectivity index (χ4n) is 5.97. The first-order chi connectivity index (χ1) is 16.9. The van der Waals surface area contributed by atoms with Crippen molar-refractivity contribution in [2.24, 2.45) is 0 Å². The summed E-state index contributed by atoms with van der Waals surface area (Å²) in [5.74, 6) is 0. The van der Waals surface area contributed by atoms with E-state index in [9.17, 15) is 0 Å². The van der Waals surface area contributed by atoms with E-state index in [1.54, 1.807) is 0 Å². The van der Waals surface area contributed by atoms with Gasteiger partial charge in [-0.2, -0.15) is 5.10 Å². The second kappa shape index (κ2) is 7.49. The first-order valence-electron chi connectivity index (χ1n) is 12.0. The summed E-state index contributed by atoms with van der Waals surface area (Å²) in [6.45, 7) is 0. The predicted octanol–water partition coefficient (Wildman–Crippen LogP) is 6.11. The number of aromatic nitrogens is 4. The summed E-state index contributed by atoms with van der Waals surface area (Å²) in [5.41, 5.74) is 10.8. The lowest BCUT2D eigenvalue weighted by molar-refractivity contribution is 0.675. The van der Waals surface area contributed by atoms with Crippen LogP contribution in [0, 0.1) is 0 Å². The molecule has 0 saturated heterocycles. The number of fused-ring (bicyclic) bond motifs is 4. The average molecular weight is 441 g/mol. The SMILES string of the molecule is c1ccc(C2(c3cccc(-c4n[nH]c5c4CCCC5)n3)c3ccccc3-c3ccccc32)nc1. The number of pyridine rings is 2. The molecular formula is C30H24N4. The van der Waals surface area contributed by atoms with Crippen LogP contribution in [0.1, 0.15) is 46.6 Å². The van der Waals surface area contributed by atoms with Crippen LogP contribution < -0.4 is 0 Å². The highest BCUT2D eigenvalue weighted by Gasteiger charge is 2.48. The molecule has 0 aliphatic heterocycles. The highest BCUT2D eigenvalue weighted by molar-refractivity contribution is 5.85. The van der Waals surface area contributed by atoms with E-state index >= 15 is 0 Å². The van der Waals surface area contributed by atoms with Gasteiger partial charge in [-0.15, -0.1) is 0 Å². The fraction of sp³-hybridized carbons (Fsp3) is 0.167. The maximum Gasteiger partial charge on any atom is 0.114 e. The molecule has 3 heterocycles. The number of hydrogen-bond donors (Lipinski definition) is 1. The number of hydrogen-bond acceptors (Lipinski definition) is 3. The molecule has 5 aromatic rings. The summed E-state index contributed by atoms with van der Waals surface area (Å²) in [6.07, 6.45) is 6.44. The molecule has 2 aliphatic rings. The lowest BCUT2D eigenvalue weighted by Gasteiger charge is -2.31. The van der Waals surface area contributed by atoms with E-state index in [0.717, 1.165) is 35.6 Å². The van der Waals surface area contributed by atoms with Gasteiger partial charge in [0, 0.05) is 17.5 Å². The van der Waals surface area contributed by atoms with Crippen molar-refractivity contribution in [1.29, 1.82) is 0 Å². The van der Waals surface area contributed by atoms with Crippen LogP contribution in [0.4, 0.5) is 0 Å². The first-order valence-corrected chi connectivity index (χ1v) is 12.0. The van der Waals surface area contributed by atoms with Crippen LogP contribution in [0.3, 0.4) is 0 Å². The molecule has 0 unspecified atom stereocenters. The number of rotatable bonds is 3. The zero-order chi connectivity index (χ0) is 22.5. The zero-order valence-corrected chi connectivity index (χ0v) is 18.8. The average Bonchev–Trinajstić information content (AvgIpc) is 3.47. The molecule has 0 amide bonds. The van der Waals surface area contributed by atoms with Gasteiger partial charge in [0.05, 0.1) is 17.1 Å². The number of aryl methyl sites for hydroxylation is 1. The predicted molar refractivity (Wildman–Crippen MR) is 134 cm³/mol. The Kier molecular flexibility index (Phi) is 4.28. The minimum Gasteiger partial charge on any atom is -0.282 e. The van der Waals surface area contributed by atoms with Crippen LogP contribution in [0.5, 0.6) is 0 Å². The Morgan fingerprint density at radius 3 is 2.15 bits per heavy atom. The minimum atomic E-state index is -0.583. The van der Waals surface area contributed by atoms with Gasteiger partial charge in [-0.3, -0.25) is 10.1 Å². The van der Waals surface area contributed by atoms with Gasteiger partial charge in [-0.05, 0) is 72.2 Å². The van der Waals surface area contributed by atoms with Gasteiger partial charge in [-0.25, -0.2) is 4.98 Å². The molecule has 3 aromatic heterocycles. The summed E-state index contributed by atoms with van der Waals surface area (Å²) >= 11 is 0. The lowest BCUT2D eigenvalue weighted by Crippen LogP contribution is -2.31. The third kappa shape index (κ3) is 2.62. The van der Waals surface area contributed by atoms with Crippen LogP contribution in [-0.2, 0) is 18.3 Å². The molecule has 2 aromatic carbocycles. The molecule has 4 nitrogen and oxygen atoms in total. The highest BCUT2D eigenvalue weighted by atomic mass is 15.1. The standard InChI is InChI=1S/C30H24N4/c1-4-13-23-20(10-1)21-11-2-5-14-24(21)30(23,27-17-7-8-19-31-27)28-18-9-16-26(32-28)29-22-12-3-6-15-25(22)33-34-29/h1-2,4-5,7-11,13-14,16-19H,3,6,12,15H2,(H,33,34).